The molecule has 1 rings (SSSR count). The quantitative estimate of drug-likeness (QED) is 0.282. The fourth-order valence-corrected chi connectivity index (χ4v) is 1.35. The van der Waals surface area contributed by atoms with E-state index in [1.807, 2.05) is 22.6 Å². The first kappa shape index (κ1) is 10.1. The first-order chi connectivity index (χ1) is 6.16. The van der Waals surface area contributed by atoms with Gasteiger partial charge in [-0.15, -0.1) is 0 Å². The SMILES string of the molecule is O=C(CI)c1ccccc1[N+](=O)[O-]. The number of halogens is 1. The number of nitro groups is 1. The summed E-state index contributed by atoms with van der Waals surface area (Å²) in [6, 6.07) is 5.97. The summed E-state index contributed by atoms with van der Waals surface area (Å²) >= 11 is 1.88. The van der Waals surface area contributed by atoms with E-state index in [-0.39, 0.29) is 21.5 Å². The Kier molecular flexibility index (Phi) is 3.35. The lowest BCUT2D eigenvalue weighted by Crippen LogP contribution is -2.04. The second-order valence-electron chi connectivity index (χ2n) is 2.33. The summed E-state index contributed by atoms with van der Waals surface area (Å²) in [7, 11) is 0. The first-order valence-corrected chi connectivity index (χ1v) is 5.02. The number of carbonyl (C=O) groups is 1. The van der Waals surface area contributed by atoms with Crippen molar-refractivity contribution in [1.82, 2.24) is 0 Å². The van der Waals surface area contributed by atoms with Crippen LogP contribution in [0.4, 0.5) is 5.69 Å². The summed E-state index contributed by atoms with van der Waals surface area (Å²) in [4.78, 5) is 21.2. The molecule has 0 saturated heterocycles. The van der Waals surface area contributed by atoms with Gasteiger partial charge in [-0.25, -0.2) is 0 Å². The number of alkyl halides is 1. The molecular formula is C8H6INO3. The third kappa shape index (κ3) is 2.24. The van der Waals surface area contributed by atoms with Crippen LogP contribution in [0.5, 0.6) is 0 Å². The minimum Gasteiger partial charge on any atom is -0.293 e. The fraction of sp³-hybridized carbons (Fsp3) is 0.125. The Morgan fingerprint density at radius 1 is 1.46 bits per heavy atom. The standard InChI is InChI=1S/C8H6INO3/c9-5-8(11)6-3-1-2-4-7(6)10(12)13/h1-4H,5H2. The molecular weight excluding hydrogens is 285 g/mol. The number of ketones is 1. The van der Waals surface area contributed by atoms with Crippen LogP contribution in [-0.4, -0.2) is 15.1 Å². The van der Waals surface area contributed by atoms with Gasteiger partial charge in [-0.1, -0.05) is 34.7 Å². The zero-order valence-electron chi connectivity index (χ0n) is 6.57. The number of rotatable bonds is 3. The highest BCUT2D eigenvalue weighted by molar-refractivity contribution is 14.1. The fourth-order valence-electron chi connectivity index (χ4n) is 0.941. The van der Waals surface area contributed by atoms with Crippen LogP contribution in [0.3, 0.4) is 0 Å². The Balaban J connectivity index is 3.19. The molecule has 4 nitrogen and oxygen atoms in total. The van der Waals surface area contributed by atoms with Gasteiger partial charge in [0, 0.05) is 6.07 Å². The van der Waals surface area contributed by atoms with E-state index in [1.165, 1.54) is 12.1 Å². The average Bonchev–Trinajstić information content (AvgIpc) is 2.16. The molecule has 0 aliphatic heterocycles. The first-order valence-electron chi connectivity index (χ1n) is 3.49. The summed E-state index contributed by atoms with van der Waals surface area (Å²) in [5.74, 6) is -0.215. The van der Waals surface area contributed by atoms with Crippen molar-refractivity contribution in [3.8, 4) is 0 Å². The number of nitrogens with zero attached hydrogens (tertiary/aromatic N) is 1. The van der Waals surface area contributed by atoms with E-state index in [2.05, 4.69) is 0 Å². The van der Waals surface area contributed by atoms with E-state index in [9.17, 15) is 14.9 Å². The van der Waals surface area contributed by atoms with Crippen molar-refractivity contribution in [2.75, 3.05) is 4.43 Å². The number of hydrogen-bond acceptors (Lipinski definition) is 3. The number of para-hydroxylation sites is 1. The molecule has 0 N–H and O–H groups in total. The molecule has 0 amide bonds. The topological polar surface area (TPSA) is 60.2 Å². The molecule has 68 valence electrons. The lowest BCUT2D eigenvalue weighted by atomic mass is 10.1. The van der Waals surface area contributed by atoms with E-state index in [0.717, 1.165) is 0 Å². The molecule has 0 unspecified atom stereocenters. The van der Waals surface area contributed by atoms with Crippen LogP contribution in [0.15, 0.2) is 24.3 Å². The molecule has 5 heteroatoms. The van der Waals surface area contributed by atoms with Crippen molar-refractivity contribution >= 4 is 34.1 Å². The summed E-state index contributed by atoms with van der Waals surface area (Å²) in [6.07, 6.45) is 0. The van der Waals surface area contributed by atoms with Gasteiger partial charge in [0.05, 0.1) is 14.9 Å². The second kappa shape index (κ2) is 4.31. The van der Waals surface area contributed by atoms with Gasteiger partial charge >= 0.3 is 0 Å². The molecule has 1 aromatic carbocycles. The second-order valence-corrected chi connectivity index (χ2v) is 3.09. The third-order valence-corrected chi connectivity index (χ3v) is 2.22. The Morgan fingerprint density at radius 3 is 2.62 bits per heavy atom. The van der Waals surface area contributed by atoms with Crippen LogP contribution in [0.2, 0.25) is 0 Å². The Bertz CT molecular complexity index is 351. The highest BCUT2D eigenvalue weighted by atomic mass is 127. The van der Waals surface area contributed by atoms with Crippen molar-refractivity contribution in [1.29, 1.82) is 0 Å². The van der Waals surface area contributed by atoms with Crippen molar-refractivity contribution in [3.05, 3.63) is 39.9 Å². The summed E-state index contributed by atoms with van der Waals surface area (Å²) < 4.78 is 0.253. The average molecular weight is 291 g/mol. The van der Waals surface area contributed by atoms with Crippen LogP contribution in [-0.2, 0) is 0 Å². The van der Waals surface area contributed by atoms with Gasteiger partial charge < -0.3 is 0 Å². The number of nitro benzene ring substituents is 1. The number of carbonyl (C=O) groups excluding carboxylic acids is 1. The molecule has 0 aromatic heterocycles. The van der Waals surface area contributed by atoms with E-state index in [0.29, 0.717) is 0 Å². The summed E-state index contributed by atoms with van der Waals surface area (Å²) in [5.41, 5.74) is 0.0612. The minimum absolute atomic E-state index is 0.121. The van der Waals surface area contributed by atoms with Gasteiger partial charge in [-0.3, -0.25) is 14.9 Å². The normalized spacial score (nSPS) is 9.62. The van der Waals surface area contributed by atoms with Crippen molar-refractivity contribution in [3.63, 3.8) is 0 Å². The Hall–Kier alpha value is -0.980. The van der Waals surface area contributed by atoms with Gasteiger partial charge in [0.2, 0.25) is 0 Å². The molecule has 0 aliphatic rings. The van der Waals surface area contributed by atoms with E-state index in [4.69, 9.17) is 0 Å². The lowest BCUT2D eigenvalue weighted by molar-refractivity contribution is -0.385. The van der Waals surface area contributed by atoms with Crippen molar-refractivity contribution in [2.24, 2.45) is 0 Å². The lowest BCUT2D eigenvalue weighted by Gasteiger charge is -1.97. The molecule has 0 saturated carbocycles. The number of hydrogen-bond donors (Lipinski definition) is 0. The molecule has 1 aromatic rings. The van der Waals surface area contributed by atoms with Crippen LogP contribution in [0, 0.1) is 10.1 Å². The van der Waals surface area contributed by atoms with Crippen LogP contribution in [0.25, 0.3) is 0 Å². The summed E-state index contributed by atoms with van der Waals surface area (Å²) in [5, 5.41) is 10.5. The van der Waals surface area contributed by atoms with Crippen LogP contribution < -0.4 is 0 Å². The Morgan fingerprint density at radius 2 is 2.08 bits per heavy atom. The third-order valence-electron chi connectivity index (χ3n) is 1.52. The van der Waals surface area contributed by atoms with Crippen LogP contribution in [0.1, 0.15) is 10.4 Å². The largest absolute Gasteiger partial charge is 0.293 e. The maximum atomic E-state index is 11.2. The van der Waals surface area contributed by atoms with Crippen molar-refractivity contribution < 1.29 is 9.72 Å². The van der Waals surface area contributed by atoms with Crippen LogP contribution >= 0.6 is 22.6 Å². The van der Waals surface area contributed by atoms with E-state index >= 15 is 0 Å². The summed E-state index contributed by atoms with van der Waals surface area (Å²) in [6.45, 7) is 0. The smallest absolute Gasteiger partial charge is 0.280 e. The molecule has 0 aliphatic carbocycles. The van der Waals surface area contributed by atoms with Gasteiger partial charge in [0.15, 0.2) is 5.78 Å². The van der Waals surface area contributed by atoms with Crippen molar-refractivity contribution in [2.45, 2.75) is 0 Å². The Labute approximate surface area is 88.2 Å². The molecule has 0 heterocycles. The van der Waals surface area contributed by atoms with Gasteiger partial charge in [-0.2, -0.15) is 0 Å². The maximum Gasteiger partial charge on any atom is 0.280 e. The maximum absolute atomic E-state index is 11.2. The molecule has 0 fully saturated rings. The van der Waals surface area contributed by atoms with E-state index in [1.54, 1.807) is 12.1 Å². The molecule has 13 heavy (non-hydrogen) atoms. The number of benzene rings is 1. The molecule has 0 radical (unpaired) electrons. The van der Waals surface area contributed by atoms with Gasteiger partial charge in [0.1, 0.15) is 0 Å². The highest BCUT2D eigenvalue weighted by Crippen LogP contribution is 2.18. The zero-order valence-corrected chi connectivity index (χ0v) is 8.72. The highest BCUT2D eigenvalue weighted by Gasteiger charge is 2.17. The molecule has 0 spiro atoms. The molecule has 0 bridgehead atoms. The van der Waals surface area contributed by atoms with E-state index < -0.39 is 4.92 Å². The molecule has 0 atom stereocenters. The number of Topliss-reactive ketones (excluding diaryl/α,β-unsaturated/α-hetero) is 1. The zero-order chi connectivity index (χ0) is 9.84. The monoisotopic (exact) mass is 291 g/mol. The predicted molar refractivity (Wildman–Crippen MR) is 56.3 cm³/mol. The minimum atomic E-state index is -0.542. The van der Waals surface area contributed by atoms with Gasteiger partial charge in [0.25, 0.3) is 5.69 Å². The predicted octanol–water partition coefficient (Wildman–Crippen LogP) is 2.21. The van der Waals surface area contributed by atoms with Gasteiger partial charge in [-0.05, 0) is 6.07 Å².